The fraction of sp³-hybridized carbons (Fsp3) is 1.00. The summed E-state index contributed by atoms with van der Waals surface area (Å²) in [6.07, 6.45) is 0.735. The summed E-state index contributed by atoms with van der Waals surface area (Å²) in [6.45, 7) is 8.16. The van der Waals surface area contributed by atoms with Gasteiger partial charge in [-0.2, -0.15) is 0 Å². The number of hydrogen-bond donors (Lipinski definition) is 2. The third-order valence-electron chi connectivity index (χ3n) is 2.43. The second-order valence-electron chi connectivity index (χ2n) is 3.82. The molecule has 0 fully saturated rings. The van der Waals surface area contributed by atoms with E-state index in [4.69, 9.17) is 19.7 Å². The van der Waals surface area contributed by atoms with Crippen molar-refractivity contribution in [2.75, 3.05) is 26.4 Å². The molecule has 0 saturated carbocycles. The quantitative estimate of drug-likeness (QED) is 0.587. The third kappa shape index (κ3) is 6.27. The third-order valence-corrected chi connectivity index (χ3v) is 5.55. The van der Waals surface area contributed by atoms with E-state index < -0.39 is 8.56 Å². The molecule has 0 bridgehead atoms. The lowest BCUT2D eigenvalue weighted by Crippen LogP contribution is -2.42. The van der Waals surface area contributed by atoms with Crippen LogP contribution in [0.1, 0.15) is 20.3 Å². The lowest BCUT2D eigenvalue weighted by Gasteiger charge is -2.29. The SMILES string of the molecule is CCO[Si](C)(CC(CN)CCO)OCC. The van der Waals surface area contributed by atoms with Gasteiger partial charge < -0.3 is 19.7 Å². The van der Waals surface area contributed by atoms with Gasteiger partial charge in [-0.25, -0.2) is 0 Å². The highest BCUT2D eigenvalue weighted by Gasteiger charge is 2.33. The van der Waals surface area contributed by atoms with Crippen LogP contribution in [0.4, 0.5) is 0 Å². The number of aliphatic hydroxyl groups excluding tert-OH is 1. The molecule has 0 aromatic carbocycles. The molecule has 0 aliphatic carbocycles. The van der Waals surface area contributed by atoms with Crippen molar-refractivity contribution in [3.63, 3.8) is 0 Å². The average Bonchev–Trinajstić information content (AvgIpc) is 2.17. The molecular formula is C10H25NO3Si. The summed E-state index contributed by atoms with van der Waals surface area (Å²) in [5, 5.41) is 8.90. The van der Waals surface area contributed by atoms with Crippen LogP contribution < -0.4 is 5.73 Å². The van der Waals surface area contributed by atoms with E-state index >= 15 is 0 Å². The van der Waals surface area contributed by atoms with Crippen LogP contribution >= 0.6 is 0 Å². The van der Waals surface area contributed by atoms with Gasteiger partial charge in [0.05, 0.1) is 0 Å². The van der Waals surface area contributed by atoms with Crippen LogP contribution in [0.5, 0.6) is 0 Å². The minimum Gasteiger partial charge on any atom is -0.396 e. The van der Waals surface area contributed by atoms with E-state index in [1.165, 1.54) is 0 Å². The van der Waals surface area contributed by atoms with Crippen molar-refractivity contribution in [3.05, 3.63) is 0 Å². The predicted octanol–water partition coefficient (Wildman–Crippen LogP) is 1.09. The fourth-order valence-electron chi connectivity index (χ4n) is 1.78. The van der Waals surface area contributed by atoms with Gasteiger partial charge in [0, 0.05) is 19.8 Å². The van der Waals surface area contributed by atoms with Gasteiger partial charge in [0.25, 0.3) is 0 Å². The molecular weight excluding hydrogens is 210 g/mol. The highest BCUT2D eigenvalue weighted by Crippen LogP contribution is 2.21. The summed E-state index contributed by atoms with van der Waals surface area (Å²) < 4.78 is 11.5. The van der Waals surface area contributed by atoms with Gasteiger partial charge in [-0.3, -0.25) is 0 Å². The monoisotopic (exact) mass is 235 g/mol. The average molecular weight is 235 g/mol. The van der Waals surface area contributed by atoms with E-state index in [0.717, 1.165) is 12.5 Å². The highest BCUT2D eigenvalue weighted by molar-refractivity contribution is 6.66. The molecule has 0 radical (unpaired) electrons. The van der Waals surface area contributed by atoms with Crippen LogP contribution in [-0.2, 0) is 8.85 Å². The molecule has 0 aliphatic heterocycles. The molecule has 0 aliphatic rings. The Bertz CT molecular complexity index is 152. The first-order chi connectivity index (χ1) is 7.11. The largest absolute Gasteiger partial charge is 0.396 e. The lowest BCUT2D eigenvalue weighted by atomic mass is 10.1. The summed E-state index contributed by atoms with van der Waals surface area (Å²) in [5.74, 6) is 0.310. The highest BCUT2D eigenvalue weighted by atomic mass is 28.4. The van der Waals surface area contributed by atoms with Crippen LogP contribution in [0, 0.1) is 5.92 Å². The predicted molar refractivity (Wildman–Crippen MR) is 63.9 cm³/mol. The molecule has 0 spiro atoms. The van der Waals surface area contributed by atoms with Gasteiger partial charge in [0.1, 0.15) is 0 Å². The van der Waals surface area contributed by atoms with Crippen molar-refractivity contribution >= 4 is 8.56 Å². The molecule has 0 heterocycles. The second-order valence-corrected chi connectivity index (χ2v) is 7.07. The Morgan fingerprint density at radius 3 is 2.13 bits per heavy atom. The van der Waals surface area contributed by atoms with Gasteiger partial charge in [-0.05, 0) is 45.3 Å². The smallest absolute Gasteiger partial charge is 0.335 e. The first-order valence-electron chi connectivity index (χ1n) is 5.70. The molecule has 0 amide bonds. The Morgan fingerprint density at radius 1 is 1.27 bits per heavy atom. The maximum absolute atomic E-state index is 8.90. The molecule has 1 atom stereocenters. The Kier molecular flexibility index (Phi) is 8.27. The Labute approximate surface area is 94.0 Å². The first-order valence-corrected chi connectivity index (χ1v) is 8.23. The summed E-state index contributed by atoms with van der Waals surface area (Å²) in [7, 11) is -2.06. The van der Waals surface area contributed by atoms with Gasteiger partial charge >= 0.3 is 8.56 Å². The zero-order chi connectivity index (χ0) is 11.7. The fourth-order valence-corrected chi connectivity index (χ4v) is 4.74. The van der Waals surface area contributed by atoms with Crippen LogP contribution in [0.3, 0.4) is 0 Å². The Balaban J connectivity index is 4.22. The molecule has 4 nitrogen and oxygen atoms in total. The molecule has 0 aromatic rings. The molecule has 0 aromatic heterocycles. The van der Waals surface area contributed by atoms with E-state index in [9.17, 15) is 0 Å². The molecule has 3 N–H and O–H groups in total. The maximum atomic E-state index is 8.90. The summed E-state index contributed by atoms with van der Waals surface area (Å²) >= 11 is 0. The number of aliphatic hydroxyl groups is 1. The zero-order valence-corrected chi connectivity index (χ0v) is 11.2. The van der Waals surface area contributed by atoms with E-state index in [2.05, 4.69) is 6.55 Å². The van der Waals surface area contributed by atoms with Gasteiger partial charge in [-0.1, -0.05) is 0 Å². The molecule has 1 unspecified atom stereocenters. The summed E-state index contributed by atoms with van der Waals surface area (Å²) in [4.78, 5) is 0. The van der Waals surface area contributed by atoms with E-state index in [1.54, 1.807) is 0 Å². The van der Waals surface area contributed by atoms with Gasteiger partial charge in [0.15, 0.2) is 0 Å². The van der Waals surface area contributed by atoms with E-state index in [0.29, 0.717) is 25.7 Å². The summed E-state index contributed by atoms with van der Waals surface area (Å²) in [6, 6.07) is 0.867. The summed E-state index contributed by atoms with van der Waals surface area (Å²) in [5.41, 5.74) is 5.66. The van der Waals surface area contributed by atoms with Crippen LogP contribution in [0.25, 0.3) is 0 Å². The maximum Gasteiger partial charge on any atom is 0.335 e. The standard InChI is InChI=1S/C10H25NO3Si/c1-4-13-15(3,14-5-2)9-10(8-11)6-7-12/h10,12H,4-9,11H2,1-3H3. The minimum atomic E-state index is -2.06. The Hall–Kier alpha value is 0.0569. The van der Waals surface area contributed by atoms with E-state index in [1.807, 2.05) is 13.8 Å². The van der Waals surface area contributed by atoms with E-state index in [-0.39, 0.29) is 6.61 Å². The molecule has 92 valence electrons. The normalized spacial score (nSPS) is 14.2. The van der Waals surface area contributed by atoms with Crippen LogP contribution in [0.15, 0.2) is 0 Å². The van der Waals surface area contributed by atoms with Gasteiger partial charge in [0.2, 0.25) is 0 Å². The van der Waals surface area contributed by atoms with Crippen molar-refractivity contribution < 1.29 is 14.0 Å². The lowest BCUT2D eigenvalue weighted by molar-refractivity contribution is 0.179. The minimum absolute atomic E-state index is 0.185. The van der Waals surface area contributed by atoms with Crippen molar-refractivity contribution in [3.8, 4) is 0 Å². The molecule has 0 saturated heterocycles. The Morgan fingerprint density at radius 2 is 1.80 bits per heavy atom. The van der Waals surface area contributed by atoms with Gasteiger partial charge in [-0.15, -0.1) is 0 Å². The zero-order valence-electron chi connectivity index (χ0n) is 10.2. The topological polar surface area (TPSA) is 64.7 Å². The van der Waals surface area contributed by atoms with Crippen molar-refractivity contribution in [2.45, 2.75) is 32.9 Å². The molecule has 5 heteroatoms. The van der Waals surface area contributed by atoms with Crippen molar-refractivity contribution in [1.82, 2.24) is 0 Å². The number of nitrogens with two attached hydrogens (primary N) is 1. The van der Waals surface area contributed by atoms with Crippen LogP contribution in [-0.4, -0.2) is 40.0 Å². The first kappa shape index (κ1) is 15.1. The van der Waals surface area contributed by atoms with Crippen molar-refractivity contribution in [2.24, 2.45) is 11.7 Å². The molecule has 15 heavy (non-hydrogen) atoms. The number of rotatable bonds is 9. The van der Waals surface area contributed by atoms with Crippen molar-refractivity contribution in [1.29, 1.82) is 0 Å². The second kappa shape index (κ2) is 8.24. The van der Waals surface area contributed by atoms with Crippen LogP contribution in [0.2, 0.25) is 12.6 Å². The molecule has 0 rings (SSSR count). The number of hydrogen-bond acceptors (Lipinski definition) is 4.